The van der Waals surface area contributed by atoms with Crippen molar-refractivity contribution in [1.29, 1.82) is 0 Å². The molecule has 3 aromatic rings. The second-order valence-electron chi connectivity index (χ2n) is 7.20. The van der Waals surface area contributed by atoms with Crippen LogP contribution < -0.4 is 0 Å². The summed E-state index contributed by atoms with van der Waals surface area (Å²) in [6, 6.07) is 19.1. The van der Waals surface area contributed by atoms with Crippen LogP contribution >= 0.6 is 0 Å². The average Bonchev–Trinajstić information content (AvgIpc) is 3.06. The maximum absolute atomic E-state index is 6.10. The van der Waals surface area contributed by atoms with Gasteiger partial charge in [-0.15, -0.1) is 0 Å². The van der Waals surface area contributed by atoms with Crippen molar-refractivity contribution in [3.63, 3.8) is 0 Å². The van der Waals surface area contributed by atoms with Gasteiger partial charge in [0, 0.05) is 23.1 Å². The number of aryl methyl sites for hydroxylation is 2. The molecule has 1 atom stereocenters. The number of aromatic nitrogens is 1. The molecule has 1 aromatic heterocycles. The third-order valence-electron chi connectivity index (χ3n) is 5.46. The molecule has 2 aromatic carbocycles. The molecule has 0 radical (unpaired) electrons. The molecule has 0 saturated carbocycles. The summed E-state index contributed by atoms with van der Waals surface area (Å²) in [6.07, 6.45) is 3.93. The van der Waals surface area contributed by atoms with E-state index in [1.165, 1.54) is 22.2 Å². The number of pyridine rings is 1. The van der Waals surface area contributed by atoms with Gasteiger partial charge in [0.1, 0.15) is 0 Å². The van der Waals surface area contributed by atoms with E-state index in [1.54, 1.807) is 0 Å². The highest BCUT2D eigenvalue weighted by Crippen LogP contribution is 2.45. The molecule has 0 fully saturated rings. The number of para-hydroxylation sites is 1. The number of nitrogens with zero attached hydrogens (tertiary/aromatic N) is 2. The molecule has 2 aliphatic rings. The van der Waals surface area contributed by atoms with Crippen molar-refractivity contribution < 1.29 is 4.84 Å². The van der Waals surface area contributed by atoms with Crippen molar-refractivity contribution in [3.8, 4) is 0 Å². The minimum atomic E-state index is -0.342. The quantitative estimate of drug-likeness (QED) is 0.637. The molecule has 0 N–H and O–H groups in total. The number of oxime groups is 1. The van der Waals surface area contributed by atoms with E-state index < -0.39 is 0 Å². The lowest BCUT2D eigenvalue weighted by Crippen LogP contribution is -2.31. The molecule has 3 heteroatoms. The van der Waals surface area contributed by atoms with Gasteiger partial charge in [-0.3, -0.25) is 4.98 Å². The Labute approximate surface area is 147 Å². The van der Waals surface area contributed by atoms with E-state index in [-0.39, 0.29) is 5.60 Å². The summed E-state index contributed by atoms with van der Waals surface area (Å²) in [4.78, 5) is 11.0. The highest BCUT2D eigenvalue weighted by molar-refractivity contribution is 6.02. The zero-order chi connectivity index (χ0) is 16.9. The molecule has 0 bridgehead atoms. The largest absolute Gasteiger partial charge is 0.384 e. The number of fused-ring (bicyclic) bond motifs is 3. The molecule has 1 aliphatic heterocycles. The second kappa shape index (κ2) is 5.41. The Balaban J connectivity index is 1.56. The molecular weight excluding hydrogens is 308 g/mol. The Morgan fingerprint density at radius 2 is 1.88 bits per heavy atom. The first-order valence-electron chi connectivity index (χ1n) is 8.95. The zero-order valence-electron chi connectivity index (χ0n) is 14.3. The molecule has 0 unspecified atom stereocenters. The molecule has 5 rings (SSSR count). The van der Waals surface area contributed by atoms with Crippen molar-refractivity contribution in [2.24, 2.45) is 5.16 Å². The molecule has 2 heterocycles. The van der Waals surface area contributed by atoms with Crippen molar-refractivity contribution in [2.75, 3.05) is 0 Å². The minimum Gasteiger partial charge on any atom is -0.384 e. The predicted molar refractivity (Wildman–Crippen MR) is 99.8 cm³/mol. The van der Waals surface area contributed by atoms with Crippen molar-refractivity contribution >= 4 is 16.6 Å². The van der Waals surface area contributed by atoms with Gasteiger partial charge < -0.3 is 4.84 Å². The van der Waals surface area contributed by atoms with Crippen LogP contribution in [0.2, 0.25) is 0 Å². The predicted octanol–water partition coefficient (Wildman–Crippen LogP) is 4.90. The molecule has 0 saturated heterocycles. The Kier molecular flexibility index (Phi) is 3.17. The van der Waals surface area contributed by atoms with Gasteiger partial charge in [-0.05, 0) is 43.9 Å². The molecule has 0 amide bonds. The van der Waals surface area contributed by atoms with E-state index in [0.29, 0.717) is 0 Å². The Hall–Kier alpha value is -2.68. The van der Waals surface area contributed by atoms with Gasteiger partial charge in [-0.2, -0.15) is 0 Å². The monoisotopic (exact) mass is 328 g/mol. The molecule has 1 aliphatic carbocycles. The first-order valence-corrected chi connectivity index (χ1v) is 8.95. The topological polar surface area (TPSA) is 34.5 Å². The molecular formula is C22H20N2O. The van der Waals surface area contributed by atoms with Crippen LogP contribution in [0.4, 0.5) is 0 Å². The standard InChI is InChI=1S/C22H20N2O/c1-15-8-10-16(11-9-15)21-14-22(25-24-21)12-4-7-20-18(22)13-17-5-2-3-6-19(17)23-20/h2-3,5-6,8-11,13H,4,7,12,14H2,1H3/t22-/m0/s1. The Morgan fingerprint density at radius 1 is 1.04 bits per heavy atom. The molecule has 1 spiro atoms. The number of benzene rings is 2. The van der Waals surface area contributed by atoms with E-state index in [2.05, 4.69) is 60.6 Å². The fraction of sp³-hybridized carbons (Fsp3) is 0.273. The Bertz CT molecular complexity index is 991. The summed E-state index contributed by atoms with van der Waals surface area (Å²) in [5.74, 6) is 0. The van der Waals surface area contributed by atoms with Crippen LogP contribution in [0.25, 0.3) is 10.9 Å². The van der Waals surface area contributed by atoms with Crippen molar-refractivity contribution in [2.45, 2.75) is 38.2 Å². The SMILES string of the molecule is Cc1ccc(C2=NO[C@@]3(CCCc4nc5ccccc5cc43)C2)cc1. The lowest BCUT2D eigenvalue weighted by Gasteiger charge is -2.32. The van der Waals surface area contributed by atoms with Gasteiger partial charge in [0.05, 0.1) is 11.2 Å². The fourth-order valence-corrected chi connectivity index (χ4v) is 4.07. The van der Waals surface area contributed by atoms with E-state index in [9.17, 15) is 0 Å². The maximum atomic E-state index is 6.10. The van der Waals surface area contributed by atoms with Crippen LogP contribution in [-0.4, -0.2) is 10.7 Å². The Morgan fingerprint density at radius 3 is 2.76 bits per heavy atom. The number of hydrogen-bond acceptors (Lipinski definition) is 3. The van der Waals surface area contributed by atoms with E-state index >= 15 is 0 Å². The summed E-state index contributed by atoms with van der Waals surface area (Å²) >= 11 is 0. The van der Waals surface area contributed by atoms with Gasteiger partial charge in [0.15, 0.2) is 5.60 Å². The molecule has 3 nitrogen and oxygen atoms in total. The van der Waals surface area contributed by atoms with Gasteiger partial charge in [-0.25, -0.2) is 0 Å². The highest BCUT2D eigenvalue weighted by atomic mass is 16.7. The fourth-order valence-electron chi connectivity index (χ4n) is 4.07. The first kappa shape index (κ1) is 14.6. The van der Waals surface area contributed by atoms with Crippen molar-refractivity contribution in [1.82, 2.24) is 4.98 Å². The summed E-state index contributed by atoms with van der Waals surface area (Å²) in [6.45, 7) is 2.10. The minimum absolute atomic E-state index is 0.342. The van der Waals surface area contributed by atoms with Crippen molar-refractivity contribution in [3.05, 3.63) is 77.0 Å². The lowest BCUT2D eigenvalue weighted by molar-refractivity contribution is -0.0366. The van der Waals surface area contributed by atoms with Gasteiger partial charge >= 0.3 is 0 Å². The van der Waals surface area contributed by atoms with Crippen LogP contribution in [0.3, 0.4) is 0 Å². The van der Waals surface area contributed by atoms with Gasteiger partial charge in [-0.1, -0.05) is 53.2 Å². The number of rotatable bonds is 1. The normalized spacial score (nSPS) is 21.9. The van der Waals surface area contributed by atoms with Crippen LogP contribution in [0, 0.1) is 6.92 Å². The van der Waals surface area contributed by atoms with E-state index in [1.807, 2.05) is 6.07 Å². The number of hydrogen-bond donors (Lipinski definition) is 0. The average molecular weight is 328 g/mol. The summed E-state index contributed by atoms with van der Waals surface area (Å²) in [5, 5.41) is 5.66. The van der Waals surface area contributed by atoms with Crippen LogP contribution in [-0.2, 0) is 16.9 Å². The smallest absolute Gasteiger partial charge is 0.170 e. The first-order chi connectivity index (χ1) is 12.2. The summed E-state index contributed by atoms with van der Waals surface area (Å²) in [5.41, 5.74) is 6.58. The van der Waals surface area contributed by atoms with Crippen LogP contribution in [0.1, 0.15) is 41.6 Å². The van der Waals surface area contributed by atoms with E-state index in [0.717, 1.165) is 42.5 Å². The second-order valence-corrected chi connectivity index (χ2v) is 7.20. The summed E-state index contributed by atoms with van der Waals surface area (Å²) in [7, 11) is 0. The highest BCUT2D eigenvalue weighted by Gasteiger charge is 2.45. The molecule has 25 heavy (non-hydrogen) atoms. The summed E-state index contributed by atoms with van der Waals surface area (Å²) < 4.78 is 0. The zero-order valence-corrected chi connectivity index (χ0v) is 14.3. The van der Waals surface area contributed by atoms with Crippen LogP contribution in [0.5, 0.6) is 0 Å². The maximum Gasteiger partial charge on any atom is 0.170 e. The van der Waals surface area contributed by atoms with E-state index in [4.69, 9.17) is 9.82 Å². The van der Waals surface area contributed by atoms with Gasteiger partial charge in [0.2, 0.25) is 0 Å². The van der Waals surface area contributed by atoms with Crippen LogP contribution in [0.15, 0.2) is 59.8 Å². The van der Waals surface area contributed by atoms with Gasteiger partial charge in [0.25, 0.3) is 0 Å². The third kappa shape index (κ3) is 2.34. The lowest BCUT2D eigenvalue weighted by atomic mass is 9.77. The molecule has 124 valence electrons. The third-order valence-corrected chi connectivity index (χ3v) is 5.46.